The number of aliphatic hydroxyl groups excluding tert-OH is 1. The molecule has 0 saturated heterocycles. The number of aromatic nitrogens is 4. The van der Waals surface area contributed by atoms with Gasteiger partial charge in [0.1, 0.15) is 23.5 Å². The number of thiophene rings is 1. The molecule has 1 aromatic carbocycles. The van der Waals surface area contributed by atoms with Gasteiger partial charge in [-0.05, 0) is 52.2 Å². The molecule has 0 aliphatic heterocycles. The average Bonchev–Trinajstić information content (AvgIpc) is 3.24. The van der Waals surface area contributed by atoms with Crippen molar-refractivity contribution in [3.05, 3.63) is 57.8 Å². The summed E-state index contributed by atoms with van der Waals surface area (Å²) in [6, 6.07) is 12.1. The number of aliphatic hydroxyl groups is 1. The highest BCUT2D eigenvalue weighted by molar-refractivity contribution is 7.12. The van der Waals surface area contributed by atoms with Gasteiger partial charge in [0.05, 0.1) is 18.2 Å². The molecule has 2 aromatic heterocycles. The van der Waals surface area contributed by atoms with Crippen molar-refractivity contribution < 1.29 is 9.84 Å². The summed E-state index contributed by atoms with van der Waals surface area (Å²) in [6.45, 7) is -0.0370. The van der Waals surface area contributed by atoms with Crippen LogP contribution < -0.4 is 10.4 Å². The van der Waals surface area contributed by atoms with E-state index < -0.39 is 11.8 Å². The number of hydrogen-bond donors (Lipinski definition) is 1. The van der Waals surface area contributed by atoms with Crippen LogP contribution in [0.1, 0.15) is 5.56 Å². The molecule has 0 bridgehead atoms. The smallest absolute Gasteiger partial charge is 0.369 e. The van der Waals surface area contributed by atoms with Gasteiger partial charge < -0.3 is 9.84 Å². The second kappa shape index (κ2) is 7.08. The van der Waals surface area contributed by atoms with Gasteiger partial charge in [0.15, 0.2) is 0 Å². The number of tetrazole rings is 1. The standard InChI is InChI=1S/C15H13N5O3S/c16-8-11-3-5-13(6-4-11)23-10-12(21)9-19-15(22)20(18-17-19)14-2-1-7-24-14/h1-7,12,21H,9-10H2/t12-/m1/s1. The topological polar surface area (TPSA) is 106 Å². The van der Waals surface area contributed by atoms with Gasteiger partial charge in [-0.15, -0.1) is 11.3 Å². The molecular formula is C15H13N5O3S. The molecular weight excluding hydrogens is 330 g/mol. The van der Waals surface area contributed by atoms with E-state index in [-0.39, 0.29) is 13.2 Å². The van der Waals surface area contributed by atoms with Crippen molar-refractivity contribution in [3.8, 4) is 16.8 Å². The van der Waals surface area contributed by atoms with E-state index in [0.717, 1.165) is 4.68 Å². The van der Waals surface area contributed by atoms with Gasteiger partial charge in [-0.25, -0.2) is 4.79 Å². The molecule has 0 spiro atoms. The number of rotatable bonds is 6. The van der Waals surface area contributed by atoms with Crippen molar-refractivity contribution >= 4 is 11.3 Å². The Kier molecular flexibility index (Phi) is 4.69. The van der Waals surface area contributed by atoms with E-state index in [1.54, 1.807) is 30.3 Å². The van der Waals surface area contributed by atoms with Gasteiger partial charge in [-0.1, -0.05) is 0 Å². The van der Waals surface area contributed by atoms with Crippen LogP contribution in [-0.4, -0.2) is 37.6 Å². The van der Waals surface area contributed by atoms with Gasteiger partial charge in [-0.2, -0.15) is 14.6 Å². The zero-order chi connectivity index (χ0) is 16.9. The number of ether oxygens (including phenoxy) is 1. The molecule has 24 heavy (non-hydrogen) atoms. The van der Waals surface area contributed by atoms with Crippen molar-refractivity contribution in [3.63, 3.8) is 0 Å². The summed E-state index contributed by atoms with van der Waals surface area (Å²) in [4.78, 5) is 12.2. The molecule has 0 aliphatic rings. The van der Waals surface area contributed by atoms with Crippen LogP contribution in [0.3, 0.4) is 0 Å². The monoisotopic (exact) mass is 343 g/mol. The molecule has 9 heteroatoms. The lowest BCUT2D eigenvalue weighted by atomic mass is 10.2. The van der Waals surface area contributed by atoms with E-state index >= 15 is 0 Å². The summed E-state index contributed by atoms with van der Waals surface area (Å²) in [7, 11) is 0. The Morgan fingerprint density at radius 1 is 1.29 bits per heavy atom. The largest absolute Gasteiger partial charge is 0.491 e. The van der Waals surface area contributed by atoms with Crippen molar-refractivity contribution in [1.29, 1.82) is 5.26 Å². The highest BCUT2D eigenvalue weighted by Crippen LogP contribution is 2.12. The summed E-state index contributed by atoms with van der Waals surface area (Å²) in [6.07, 6.45) is -0.924. The van der Waals surface area contributed by atoms with Crippen molar-refractivity contribution in [2.75, 3.05) is 6.61 Å². The first kappa shape index (κ1) is 15.9. The van der Waals surface area contributed by atoms with Crippen LogP contribution in [0.4, 0.5) is 0 Å². The van der Waals surface area contributed by atoms with E-state index in [0.29, 0.717) is 16.3 Å². The lowest BCUT2D eigenvalue weighted by Crippen LogP contribution is -2.31. The first-order valence-corrected chi connectivity index (χ1v) is 7.93. The Morgan fingerprint density at radius 3 is 2.75 bits per heavy atom. The van der Waals surface area contributed by atoms with Gasteiger partial charge in [0.2, 0.25) is 0 Å². The van der Waals surface area contributed by atoms with Crippen LogP contribution in [0.5, 0.6) is 5.75 Å². The Bertz CT molecular complexity index is 893. The van der Waals surface area contributed by atoms with E-state index in [1.165, 1.54) is 16.0 Å². The maximum atomic E-state index is 12.2. The molecule has 0 amide bonds. The second-order valence-electron chi connectivity index (χ2n) is 4.91. The van der Waals surface area contributed by atoms with E-state index in [9.17, 15) is 9.90 Å². The Morgan fingerprint density at radius 2 is 2.08 bits per heavy atom. The first-order chi connectivity index (χ1) is 11.7. The molecule has 0 saturated carbocycles. The van der Waals surface area contributed by atoms with E-state index in [1.807, 2.05) is 17.5 Å². The molecule has 1 N–H and O–H groups in total. The molecule has 0 unspecified atom stereocenters. The van der Waals surface area contributed by atoms with Crippen LogP contribution in [0.2, 0.25) is 0 Å². The fourth-order valence-electron chi connectivity index (χ4n) is 1.99. The molecule has 0 aliphatic carbocycles. The molecule has 8 nitrogen and oxygen atoms in total. The molecule has 1 atom stereocenters. The van der Waals surface area contributed by atoms with Crippen LogP contribution in [0, 0.1) is 11.3 Å². The maximum Gasteiger partial charge on any atom is 0.369 e. The third kappa shape index (κ3) is 3.51. The minimum Gasteiger partial charge on any atom is -0.491 e. The number of hydrogen-bond acceptors (Lipinski definition) is 7. The summed E-state index contributed by atoms with van der Waals surface area (Å²) in [5.74, 6) is 0.530. The fourth-order valence-corrected chi connectivity index (χ4v) is 2.66. The summed E-state index contributed by atoms with van der Waals surface area (Å²) in [5.41, 5.74) is 0.106. The van der Waals surface area contributed by atoms with Crippen molar-refractivity contribution in [2.45, 2.75) is 12.6 Å². The zero-order valence-corrected chi connectivity index (χ0v) is 13.3. The molecule has 2 heterocycles. The van der Waals surface area contributed by atoms with Gasteiger partial charge in [0, 0.05) is 0 Å². The first-order valence-electron chi connectivity index (χ1n) is 7.05. The Hall–Kier alpha value is -2.96. The number of benzene rings is 1. The second-order valence-corrected chi connectivity index (χ2v) is 5.83. The summed E-state index contributed by atoms with van der Waals surface area (Å²) in [5, 5.41) is 28.8. The van der Waals surface area contributed by atoms with E-state index in [4.69, 9.17) is 10.00 Å². The molecule has 0 fully saturated rings. The molecule has 0 radical (unpaired) electrons. The Balaban J connectivity index is 1.60. The van der Waals surface area contributed by atoms with E-state index in [2.05, 4.69) is 10.4 Å². The van der Waals surface area contributed by atoms with Crippen molar-refractivity contribution in [2.24, 2.45) is 0 Å². The quantitative estimate of drug-likeness (QED) is 0.710. The number of nitriles is 1. The highest BCUT2D eigenvalue weighted by Gasteiger charge is 2.14. The minimum absolute atomic E-state index is 0.00972. The van der Waals surface area contributed by atoms with Crippen LogP contribution in [0.15, 0.2) is 46.6 Å². The third-order valence-corrected chi connectivity index (χ3v) is 4.01. The summed E-state index contributed by atoms with van der Waals surface area (Å²) >= 11 is 1.37. The van der Waals surface area contributed by atoms with Crippen LogP contribution in [-0.2, 0) is 6.54 Å². The lowest BCUT2D eigenvalue weighted by Gasteiger charge is -2.11. The SMILES string of the molecule is N#Cc1ccc(OC[C@H](O)Cn2nnn(-c3cccs3)c2=O)cc1. The van der Waals surface area contributed by atoms with Gasteiger partial charge in [-0.3, -0.25) is 0 Å². The van der Waals surface area contributed by atoms with Crippen molar-refractivity contribution in [1.82, 2.24) is 19.8 Å². The maximum absolute atomic E-state index is 12.2. The normalized spacial score (nSPS) is 11.8. The van der Waals surface area contributed by atoms with Gasteiger partial charge >= 0.3 is 5.69 Å². The average molecular weight is 343 g/mol. The molecule has 3 rings (SSSR count). The predicted molar refractivity (Wildman–Crippen MR) is 86.2 cm³/mol. The molecule has 122 valence electrons. The minimum atomic E-state index is -0.924. The molecule has 3 aromatic rings. The van der Waals surface area contributed by atoms with Gasteiger partial charge in [0.25, 0.3) is 0 Å². The third-order valence-electron chi connectivity index (χ3n) is 3.16. The number of nitrogens with zero attached hydrogens (tertiary/aromatic N) is 5. The fraction of sp³-hybridized carbons (Fsp3) is 0.200. The summed E-state index contributed by atoms with van der Waals surface area (Å²) < 4.78 is 7.70. The zero-order valence-electron chi connectivity index (χ0n) is 12.4. The lowest BCUT2D eigenvalue weighted by molar-refractivity contribution is 0.0879. The highest BCUT2D eigenvalue weighted by atomic mass is 32.1. The predicted octanol–water partition coefficient (Wildman–Crippen LogP) is 0.802. The Labute approximate surface area is 140 Å². The van der Waals surface area contributed by atoms with Crippen LogP contribution >= 0.6 is 11.3 Å². The van der Waals surface area contributed by atoms with Crippen LogP contribution in [0.25, 0.3) is 5.00 Å².